The second-order valence-corrected chi connectivity index (χ2v) is 33.4. The maximum absolute atomic E-state index is 13.8. The molecule has 5 heterocycles. The fourth-order valence-electron chi connectivity index (χ4n) is 11.0. The molecule has 0 spiro atoms. The van der Waals surface area contributed by atoms with E-state index in [2.05, 4.69) is 26.6 Å². The summed E-state index contributed by atoms with van der Waals surface area (Å²) in [7, 11) is 0. The molecule has 34 heteroatoms. The zero-order valence-corrected chi connectivity index (χ0v) is 65.7. The Balaban J connectivity index is 1.34. The lowest BCUT2D eigenvalue weighted by molar-refractivity contribution is -0.175. The minimum atomic E-state index is -1.65. The zero-order valence-electron chi connectivity index (χ0n) is 60.8. The van der Waals surface area contributed by atoms with E-state index in [9.17, 15) is 52.7 Å². The van der Waals surface area contributed by atoms with Crippen molar-refractivity contribution in [3.8, 4) is 0 Å². The van der Waals surface area contributed by atoms with Crippen molar-refractivity contribution in [2.45, 2.75) is 172 Å². The van der Waals surface area contributed by atoms with Crippen LogP contribution in [0.5, 0.6) is 0 Å². The van der Waals surface area contributed by atoms with Gasteiger partial charge in [0.2, 0.25) is 0 Å². The number of hydrogen-bond donors (Lipinski definition) is 5. The number of ether oxygens (including phenoxy) is 12. The fourth-order valence-corrected chi connectivity index (χ4v) is 15.6. The first-order chi connectivity index (χ1) is 50.5. The van der Waals surface area contributed by atoms with Crippen LogP contribution in [0.15, 0.2) is 0 Å². The third-order valence-corrected chi connectivity index (χ3v) is 22.8. The summed E-state index contributed by atoms with van der Waals surface area (Å²) in [6.45, 7) is 3.66. The van der Waals surface area contributed by atoms with E-state index in [0.717, 1.165) is 130 Å². The maximum Gasteiger partial charge on any atom is 0.306 e. The van der Waals surface area contributed by atoms with Gasteiger partial charge in [0, 0.05) is 63.9 Å². The standard InChI is InChI=1S/C70H115N5O23S6/c1-99-35-14-59(77)89-48-70(51-92-62(80)17-38-103-43-22-67(85)97-56-10-30-74-31-11-56,52-93-63(81)18-39-104-44-23-68(86)98-57-12-32-75-33-13-57)46-87-45-69(49-90-60(78)15-36-101-41-20-65(83)95-54-6-26-72-27-7-54,50-91-61(79)16-37-102-42-21-66(84)96-55-8-28-73-29-9-55)47-88-58(76)3-2-34-100-40-19-64(82)94-53-4-24-71-25-5-53/h53-57,71-75H,2-52H2,1H3. The van der Waals surface area contributed by atoms with E-state index in [1.165, 1.54) is 70.6 Å². The molecule has 28 nitrogen and oxygen atoms in total. The summed E-state index contributed by atoms with van der Waals surface area (Å²) in [6.07, 6.45) is 9.24. The highest BCUT2D eigenvalue weighted by Crippen LogP contribution is 2.28. The minimum absolute atomic E-state index is 0.00717. The van der Waals surface area contributed by atoms with Crippen LogP contribution in [0.4, 0.5) is 0 Å². The topological polar surface area (TPSA) is 359 Å². The highest BCUT2D eigenvalue weighted by atomic mass is 32.2. The highest BCUT2D eigenvalue weighted by Gasteiger charge is 2.41. The first kappa shape index (κ1) is 90.6. The van der Waals surface area contributed by atoms with Crippen LogP contribution in [0.25, 0.3) is 0 Å². The lowest BCUT2D eigenvalue weighted by Gasteiger charge is -2.35. The van der Waals surface area contributed by atoms with Gasteiger partial charge in [-0.1, -0.05) is 0 Å². The summed E-state index contributed by atoms with van der Waals surface area (Å²) in [5.41, 5.74) is -3.27. The van der Waals surface area contributed by atoms with E-state index in [-0.39, 0.29) is 154 Å². The number of hydrogen-bond acceptors (Lipinski definition) is 34. The van der Waals surface area contributed by atoms with E-state index in [1.807, 2.05) is 6.26 Å². The van der Waals surface area contributed by atoms with E-state index >= 15 is 0 Å². The summed E-state index contributed by atoms with van der Waals surface area (Å²) in [5.74, 6) is -1.42. The minimum Gasteiger partial charge on any atom is -0.465 e. The van der Waals surface area contributed by atoms with Gasteiger partial charge in [0.05, 0.1) is 88.3 Å². The molecule has 0 unspecified atom stereocenters. The molecule has 5 saturated heterocycles. The average Bonchev–Trinajstić information content (AvgIpc) is 0.839. The maximum atomic E-state index is 13.8. The Morgan fingerprint density at radius 1 is 0.260 bits per heavy atom. The van der Waals surface area contributed by atoms with Gasteiger partial charge in [-0.15, -0.1) is 0 Å². The van der Waals surface area contributed by atoms with Crippen LogP contribution >= 0.6 is 70.6 Å². The first-order valence-electron chi connectivity index (χ1n) is 36.9. The Labute approximate surface area is 639 Å². The SMILES string of the molecule is CSCCC(=O)OCC(COCC(COC(=O)CCCSCCC(=O)OC1CCNCC1)(COC(=O)CCSCCC(=O)OC1CCNCC1)COC(=O)CCSCCC(=O)OC1CCNCC1)(COC(=O)CCSCCC(=O)OC1CCNCC1)COC(=O)CCSCCC(=O)OC1CCNCC1. The van der Waals surface area contributed by atoms with Crippen molar-refractivity contribution in [2.75, 3.05) is 188 Å². The number of piperidine rings is 5. The normalized spacial score (nSPS) is 16.7. The van der Waals surface area contributed by atoms with Crippen molar-refractivity contribution in [2.24, 2.45) is 10.8 Å². The van der Waals surface area contributed by atoms with Crippen LogP contribution in [-0.2, 0) is 110 Å². The van der Waals surface area contributed by atoms with Gasteiger partial charge in [-0.3, -0.25) is 52.7 Å². The van der Waals surface area contributed by atoms with Crippen molar-refractivity contribution in [3.05, 3.63) is 0 Å². The number of carbonyl (C=O) groups excluding carboxylic acids is 11. The molecule has 0 aromatic rings. The van der Waals surface area contributed by atoms with Gasteiger partial charge in [-0.05, 0) is 148 Å². The second kappa shape index (κ2) is 56.3. The largest absolute Gasteiger partial charge is 0.465 e. The van der Waals surface area contributed by atoms with Gasteiger partial charge < -0.3 is 83.4 Å². The predicted octanol–water partition coefficient (Wildman–Crippen LogP) is 5.42. The van der Waals surface area contributed by atoms with Crippen molar-refractivity contribution < 1.29 is 110 Å². The van der Waals surface area contributed by atoms with E-state index < -0.39 is 99.5 Å². The highest BCUT2D eigenvalue weighted by molar-refractivity contribution is 8.00. The predicted molar refractivity (Wildman–Crippen MR) is 402 cm³/mol. The molecule has 5 rings (SSSR count). The van der Waals surface area contributed by atoms with Crippen molar-refractivity contribution in [1.29, 1.82) is 0 Å². The molecule has 5 fully saturated rings. The molecule has 0 radical (unpaired) electrons. The molecule has 0 aromatic heterocycles. The zero-order chi connectivity index (χ0) is 74.6. The molecule has 5 aliphatic heterocycles. The summed E-state index contributed by atoms with van der Waals surface area (Å²) in [5, 5.41) is 16.2. The molecule has 0 atom stereocenters. The van der Waals surface area contributed by atoms with Gasteiger partial charge in [-0.2, -0.15) is 70.6 Å². The number of esters is 11. The van der Waals surface area contributed by atoms with Gasteiger partial charge in [0.1, 0.15) is 70.2 Å². The molecule has 0 saturated carbocycles. The molecule has 0 aliphatic carbocycles. The molecule has 594 valence electrons. The molecule has 0 bridgehead atoms. The Morgan fingerprint density at radius 2 is 0.452 bits per heavy atom. The van der Waals surface area contributed by atoms with Gasteiger partial charge in [0.25, 0.3) is 0 Å². The van der Waals surface area contributed by atoms with Gasteiger partial charge in [0.15, 0.2) is 0 Å². The molecule has 5 aliphatic rings. The van der Waals surface area contributed by atoms with E-state index in [4.69, 9.17) is 56.8 Å². The van der Waals surface area contributed by atoms with Gasteiger partial charge >= 0.3 is 65.7 Å². The first-order valence-corrected chi connectivity index (χ1v) is 44.1. The van der Waals surface area contributed by atoms with E-state index in [0.29, 0.717) is 46.7 Å². The lowest BCUT2D eigenvalue weighted by atomic mass is 9.90. The molecule has 104 heavy (non-hydrogen) atoms. The Hall–Kier alpha value is -3.97. The number of rotatable bonds is 55. The fraction of sp³-hybridized carbons (Fsp3) is 0.843. The molecular weight excluding hydrogens is 1470 g/mol. The van der Waals surface area contributed by atoms with Crippen LogP contribution in [0.3, 0.4) is 0 Å². The van der Waals surface area contributed by atoms with Crippen molar-refractivity contribution >= 4 is 136 Å². The van der Waals surface area contributed by atoms with Crippen LogP contribution in [0.2, 0.25) is 0 Å². The van der Waals surface area contributed by atoms with Crippen LogP contribution in [0.1, 0.15) is 141 Å². The molecular formula is C70H115N5O23S6. The van der Waals surface area contributed by atoms with Crippen LogP contribution in [0, 0.1) is 10.8 Å². The lowest BCUT2D eigenvalue weighted by Crippen LogP contribution is -2.47. The molecule has 0 amide bonds. The summed E-state index contributed by atoms with van der Waals surface area (Å²) < 4.78 is 70.4. The number of carbonyl (C=O) groups is 11. The Morgan fingerprint density at radius 3 is 0.673 bits per heavy atom. The van der Waals surface area contributed by atoms with Crippen LogP contribution in [-0.4, -0.2) is 284 Å². The summed E-state index contributed by atoms with van der Waals surface area (Å²) in [4.78, 5) is 145. The van der Waals surface area contributed by atoms with Crippen LogP contribution < -0.4 is 26.6 Å². The smallest absolute Gasteiger partial charge is 0.306 e. The third kappa shape index (κ3) is 43.9. The average molecular weight is 1590 g/mol. The Kier molecular flexibility index (Phi) is 49.1. The molecule has 5 N–H and O–H groups in total. The summed E-state index contributed by atoms with van der Waals surface area (Å²) >= 11 is 8.34. The van der Waals surface area contributed by atoms with Gasteiger partial charge in [-0.25, -0.2) is 0 Å². The van der Waals surface area contributed by atoms with E-state index in [1.54, 1.807) is 0 Å². The number of nitrogens with one attached hydrogen (secondary N) is 5. The quantitative estimate of drug-likeness (QED) is 0.0288. The van der Waals surface area contributed by atoms with Crippen molar-refractivity contribution in [3.63, 3.8) is 0 Å². The monoisotopic (exact) mass is 1590 g/mol. The molecule has 0 aromatic carbocycles. The summed E-state index contributed by atoms with van der Waals surface area (Å²) in [6, 6.07) is 0. The third-order valence-electron chi connectivity index (χ3n) is 17.2. The Bertz CT molecular complexity index is 2410. The number of thioether (sulfide) groups is 6. The van der Waals surface area contributed by atoms with Crippen molar-refractivity contribution in [1.82, 2.24) is 26.6 Å². The second-order valence-electron chi connectivity index (χ2n) is 26.3.